The first-order valence-electron chi connectivity index (χ1n) is 6.67. The number of fused-ring (bicyclic) bond motifs is 2. The van der Waals surface area contributed by atoms with Crippen molar-refractivity contribution in [1.29, 1.82) is 0 Å². The van der Waals surface area contributed by atoms with Crippen LogP contribution < -0.4 is 5.32 Å². The number of hydrogen-bond donors (Lipinski definition) is 1. The molecule has 16 heavy (non-hydrogen) atoms. The van der Waals surface area contributed by atoms with Crippen LogP contribution in [0.25, 0.3) is 0 Å². The predicted octanol–water partition coefficient (Wildman–Crippen LogP) is 2.34. The van der Waals surface area contributed by atoms with E-state index < -0.39 is 0 Å². The van der Waals surface area contributed by atoms with E-state index in [2.05, 4.69) is 18.2 Å². The molecule has 0 amide bonds. The van der Waals surface area contributed by atoms with Gasteiger partial charge in [0.2, 0.25) is 0 Å². The van der Waals surface area contributed by atoms with Gasteiger partial charge < -0.3 is 10.1 Å². The summed E-state index contributed by atoms with van der Waals surface area (Å²) in [5.74, 6) is 3.46. The minimum absolute atomic E-state index is 0.528. The summed E-state index contributed by atoms with van der Waals surface area (Å²) in [6.07, 6.45) is 13.5. The number of hydrogen-bond acceptors (Lipinski definition) is 2. The molecule has 0 aromatic heterocycles. The second-order valence-electron chi connectivity index (χ2n) is 5.03. The molecule has 0 radical (unpaired) electrons. The number of ether oxygens (including phenoxy) is 1. The van der Waals surface area contributed by atoms with Crippen molar-refractivity contribution in [2.24, 2.45) is 5.92 Å². The summed E-state index contributed by atoms with van der Waals surface area (Å²) in [5.41, 5.74) is 0. The van der Waals surface area contributed by atoms with Gasteiger partial charge in [-0.05, 0) is 38.6 Å². The lowest BCUT2D eigenvalue weighted by Gasteiger charge is -2.29. The third-order valence-corrected chi connectivity index (χ3v) is 3.97. The molecule has 0 saturated carbocycles. The van der Waals surface area contributed by atoms with Gasteiger partial charge in [-0.2, -0.15) is 0 Å². The van der Waals surface area contributed by atoms with Gasteiger partial charge in [-0.15, -0.1) is 12.3 Å². The van der Waals surface area contributed by atoms with Crippen molar-refractivity contribution < 1.29 is 4.74 Å². The van der Waals surface area contributed by atoms with Crippen LogP contribution in [0.3, 0.4) is 0 Å². The van der Waals surface area contributed by atoms with Gasteiger partial charge in [-0.1, -0.05) is 6.92 Å². The highest BCUT2D eigenvalue weighted by molar-refractivity contribution is 4.95. The molecule has 2 aliphatic heterocycles. The van der Waals surface area contributed by atoms with Crippen LogP contribution in [0.2, 0.25) is 0 Å². The number of nitrogens with one attached hydrogen (secondary N) is 1. The van der Waals surface area contributed by atoms with Gasteiger partial charge in [0.1, 0.15) is 0 Å². The van der Waals surface area contributed by atoms with Crippen molar-refractivity contribution in [3.05, 3.63) is 0 Å². The Labute approximate surface area is 99.1 Å². The smallest absolute Gasteiger partial charge is 0.0623 e. The Morgan fingerprint density at radius 1 is 1.50 bits per heavy atom. The fraction of sp³-hybridized carbons (Fsp3) is 0.857. The zero-order chi connectivity index (χ0) is 11.4. The minimum Gasteiger partial charge on any atom is -0.375 e. The molecule has 2 saturated heterocycles. The Hall–Kier alpha value is -0.520. The molecule has 2 rings (SSSR count). The fourth-order valence-electron chi connectivity index (χ4n) is 3.25. The quantitative estimate of drug-likeness (QED) is 0.549. The third-order valence-electron chi connectivity index (χ3n) is 3.97. The van der Waals surface area contributed by atoms with Crippen molar-refractivity contribution in [2.45, 2.75) is 63.7 Å². The molecule has 0 aromatic rings. The normalized spacial score (nSPS) is 33.9. The van der Waals surface area contributed by atoms with Gasteiger partial charge in [0.25, 0.3) is 0 Å². The van der Waals surface area contributed by atoms with E-state index in [1.807, 2.05) is 0 Å². The maximum absolute atomic E-state index is 5.94. The molecule has 0 aromatic carbocycles. The maximum atomic E-state index is 5.94. The molecular weight excluding hydrogens is 198 g/mol. The first-order valence-corrected chi connectivity index (χ1v) is 6.67. The summed E-state index contributed by atoms with van der Waals surface area (Å²) < 4.78 is 5.94. The molecular formula is C14H23NO. The maximum Gasteiger partial charge on any atom is 0.0623 e. The number of unbranched alkanes of at least 4 members (excludes halogenated alkanes) is 1. The van der Waals surface area contributed by atoms with Gasteiger partial charge in [0.05, 0.1) is 12.2 Å². The summed E-state index contributed by atoms with van der Waals surface area (Å²) in [6.45, 7) is 3.23. The van der Waals surface area contributed by atoms with E-state index in [4.69, 9.17) is 11.2 Å². The molecule has 1 N–H and O–H groups in total. The topological polar surface area (TPSA) is 21.3 Å². The van der Waals surface area contributed by atoms with Crippen LogP contribution in [-0.2, 0) is 4.74 Å². The highest BCUT2D eigenvalue weighted by atomic mass is 16.5. The zero-order valence-corrected chi connectivity index (χ0v) is 10.2. The lowest BCUT2D eigenvalue weighted by molar-refractivity contribution is 0.0849. The summed E-state index contributed by atoms with van der Waals surface area (Å²) in [4.78, 5) is 0. The van der Waals surface area contributed by atoms with E-state index in [9.17, 15) is 0 Å². The minimum atomic E-state index is 0.528. The molecule has 0 aliphatic carbocycles. The van der Waals surface area contributed by atoms with Crippen LogP contribution in [-0.4, -0.2) is 24.8 Å². The Bertz CT molecular complexity index is 258. The third kappa shape index (κ3) is 2.59. The summed E-state index contributed by atoms with van der Waals surface area (Å²) >= 11 is 0. The molecule has 2 heterocycles. The van der Waals surface area contributed by atoms with Crippen molar-refractivity contribution in [3.63, 3.8) is 0 Å². The highest BCUT2D eigenvalue weighted by Gasteiger charge is 2.43. The molecule has 90 valence electrons. The summed E-state index contributed by atoms with van der Waals surface area (Å²) in [5, 5.41) is 3.62. The molecule has 2 heteroatoms. The van der Waals surface area contributed by atoms with E-state index in [-0.39, 0.29) is 0 Å². The molecule has 0 spiro atoms. The number of rotatable bonds is 6. The SMILES string of the molecule is C#CCCCC(NCC)C1CC2CCC1O2. The molecule has 2 aliphatic rings. The monoisotopic (exact) mass is 221 g/mol. The molecule has 2 bridgehead atoms. The first-order chi connectivity index (χ1) is 7.85. The van der Waals surface area contributed by atoms with Gasteiger partial charge in [0, 0.05) is 18.4 Å². The number of terminal acetylenes is 1. The highest BCUT2D eigenvalue weighted by Crippen LogP contribution is 2.41. The van der Waals surface area contributed by atoms with Gasteiger partial charge >= 0.3 is 0 Å². The standard InChI is InChI=1S/C14H23NO/c1-3-5-6-7-13(15-4-2)12-10-11-8-9-14(12)16-11/h1,11-15H,4-10H2,2H3. The van der Waals surface area contributed by atoms with Crippen molar-refractivity contribution in [1.82, 2.24) is 5.32 Å². The van der Waals surface area contributed by atoms with Crippen LogP contribution in [0.1, 0.15) is 45.4 Å². The second kappa shape index (κ2) is 5.70. The van der Waals surface area contributed by atoms with Crippen LogP contribution in [0.5, 0.6) is 0 Å². The average molecular weight is 221 g/mol. The summed E-state index contributed by atoms with van der Waals surface area (Å²) in [7, 11) is 0. The van der Waals surface area contributed by atoms with Crippen LogP contribution in [0.4, 0.5) is 0 Å². The van der Waals surface area contributed by atoms with Gasteiger partial charge in [-0.3, -0.25) is 0 Å². The molecule has 4 atom stereocenters. The van der Waals surface area contributed by atoms with E-state index in [0.29, 0.717) is 18.2 Å². The first kappa shape index (κ1) is 12.0. The Morgan fingerprint density at radius 3 is 2.94 bits per heavy atom. The Morgan fingerprint density at radius 2 is 2.38 bits per heavy atom. The van der Waals surface area contributed by atoms with E-state index in [1.54, 1.807) is 0 Å². The molecule has 2 nitrogen and oxygen atoms in total. The van der Waals surface area contributed by atoms with Gasteiger partial charge in [-0.25, -0.2) is 0 Å². The fourth-order valence-corrected chi connectivity index (χ4v) is 3.25. The van der Waals surface area contributed by atoms with Crippen LogP contribution in [0, 0.1) is 18.3 Å². The predicted molar refractivity (Wildman–Crippen MR) is 66.2 cm³/mol. The molecule has 4 unspecified atom stereocenters. The second-order valence-corrected chi connectivity index (χ2v) is 5.03. The zero-order valence-electron chi connectivity index (χ0n) is 10.2. The van der Waals surface area contributed by atoms with Crippen molar-refractivity contribution >= 4 is 0 Å². The Balaban J connectivity index is 1.84. The summed E-state index contributed by atoms with van der Waals surface area (Å²) in [6, 6.07) is 0.619. The largest absolute Gasteiger partial charge is 0.375 e. The van der Waals surface area contributed by atoms with Gasteiger partial charge in [0.15, 0.2) is 0 Å². The van der Waals surface area contributed by atoms with E-state index in [1.165, 1.54) is 25.7 Å². The van der Waals surface area contributed by atoms with Crippen LogP contribution >= 0.6 is 0 Å². The lowest BCUT2D eigenvalue weighted by Crippen LogP contribution is -2.40. The van der Waals surface area contributed by atoms with E-state index >= 15 is 0 Å². The average Bonchev–Trinajstić information content (AvgIpc) is 2.90. The van der Waals surface area contributed by atoms with Crippen molar-refractivity contribution in [3.8, 4) is 12.3 Å². The van der Waals surface area contributed by atoms with Crippen molar-refractivity contribution in [2.75, 3.05) is 6.54 Å². The molecule has 2 fully saturated rings. The van der Waals surface area contributed by atoms with E-state index in [0.717, 1.165) is 25.3 Å². The lowest BCUT2D eigenvalue weighted by atomic mass is 9.82. The Kier molecular flexibility index (Phi) is 4.26. The van der Waals surface area contributed by atoms with Crippen LogP contribution in [0.15, 0.2) is 0 Å².